The standard InChI is InChI=1S/C16H24N2O/c1-2-16(19-7-1)12-18-9-14-5-6-17(8-13-3-4-13)10-15(14)11-18/h1-2,7,13-15H,3-6,8-12H2/t14-,15+/m1/s1. The zero-order valence-electron chi connectivity index (χ0n) is 11.6. The molecule has 4 rings (SSSR count). The molecule has 104 valence electrons. The molecule has 0 bridgehead atoms. The summed E-state index contributed by atoms with van der Waals surface area (Å²) in [6.45, 7) is 7.61. The van der Waals surface area contributed by atoms with Crippen molar-refractivity contribution in [2.24, 2.45) is 17.8 Å². The Bertz CT molecular complexity index is 412. The van der Waals surface area contributed by atoms with Crippen LogP contribution in [-0.2, 0) is 6.54 Å². The molecule has 3 nitrogen and oxygen atoms in total. The number of fused-ring (bicyclic) bond motifs is 1. The highest BCUT2D eigenvalue weighted by Crippen LogP contribution is 2.35. The molecule has 1 saturated carbocycles. The zero-order valence-corrected chi connectivity index (χ0v) is 11.6. The van der Waals surface area contributed by atoms with Crippen LogP contribution in [0, 0.1) is 17.8 Å². The van der Waals surface area contributed by atoms with Gasteiger partial charge >= 0.3 is 0 Å². The van der Waals surface area contributed by atoms with Gasteiger partial charge in [-0.15, -0.1) is 0 Å². The fourth-order valence-electron chi connectivity index (χ4n) is 3.92. The minimum Gasteiger partial charge on any atom is -0.468 e. The molecule has 3 aliphatic rings. The number of hydrogen-bond donors (Lipinski definition) is 0. The number of furan rings is 1. The van der Waals surface area contributed by atoms with Gasteiger partial charge < -0.3 is 9.32 Å². The fraction of sp³-hybridized carbons (Fsp3) is 0.750. The van der Waals surface area contributed by atoms with Gasteiger partial charge in [0.1, 0.15) is 5.76 Å². The van der Waals surface area contributed by atoms with Gasteiger partial charge in [-0.3, -0.25) is 4.90 Å². The van der Waals surface area contributed by atoms with Crippen molar-refractivity contribution < 1.29 is 4.42 Å². The predicted molar refractivity (Wildman–Crippen MR) is 74.7 cm³/mol. The zero-order chi connectivity index (χ0) is 12.7. The maximum absolute atomic E-state index is 5.48. The van der Waals surface area contributed by atoms with E-state index < -0.39 is 0 Å². The molecule has 2 saturated heterocycles. The van der Waals surface area contributed by atoms with Crippen LogP contribution in [0.2, 0.25) is 0 Å². The molecule has 1 aliphatic carbocycles. The van der Waals surface area contributed by atoms with Crippen LogP contribution < -0.4 is 0 Å². The van der Waals surface area contributed by atoms with Crippen molar-refractivity contribution in [1.29, 1.82) is 0 Å². The molecule has 2 aliphatic heterocycles. The molecule has 0 amide bonds. The summed E-state index contributed by atoms with van der Waals surface area (Å²) in [5, 5.41) is 0. The highest BCUT2D eigenvalue weighted by molar-refractivity contribution is 5.00. The van der Waals surface area contributed by atoms with Crippen molar-refractivity contribution in [2.45, 2.75) is 25.8 Å². The molecule has 0 radical (unpaired) electrons. The van der Waals surface area contributed by atoms with Gasteiger partial charge in [0.25, 0.3) is 0 Å². The quantitative estimate of drug-likeness (QED) is 0.829. The summed E-state index contributed by atoms with van der Waals surface area (Å²) in [5.41, 5.74) is 0. The molecule has 0 spiro atoms. The molecule has 0 aromatic carbocycles. The molecular formula is C16H24N2O. The Morgan fingerprint density at radius 3 is 2.68 bits per heavy atom. The second-order valence-electron chi connectivity index (χ2n) is 6.79. The van der Waals surface area contributed by atoms with E-state index in [0.717, 1.165) is 30.1 Å². The van der Waals surface area contributed by atoms with E-state index in [0.29, 0.717) is 0 Å². The second-order valence-corrected chi connectivity index (χ2v) is 6.79. The molecule has 3 heteroatoms. The summed E-state index contributed by atoms with van der Waals surface area (Å²) in [5.74, 6) is 4.00. The number of piperidine rings is 1. The lowest BCUT2D eigenvalue weighted by atomic mass is 9.88. The van der Waals surface area contributed by atoms with E-state index in [2.05, 4.69) is 15.9 Å². The minimum atomic E-state index is 0.905. The third-order valence-electron chi connectivity index (χ3n) is 5.13. The van der Waals surface area contributed by atoms with E-state index >= 15 is 0 Å². The van der Waals surface area contributed by atoms with Crippen molar-refractivity contribution in [1.82, 2.24) is 9.80 Å². The van der Waals surface area contributed by atoms with Gasteiger partial charge in [-0.1, -0.05) is 0 Å². The van der Waals surface area contributed by atoms with Crippen LogP contribution >= 0.6 is 0 Å². The fourth-order valence-corrected chi connectivity index (χ4v) is 3.92. The largest absolute Gasteiger partial charge is 0.468 e. The van der Waals surface area contributed by atoms with E-state index in [-0.39, 0.29) is 0 Å². The average Bonchev–Trinajstić information content (AvgIpc) is 2.91. The van der Waals surface area contributed by atoms with Crippen LogP contribution in [0.3, 0.4) is 0 Å². The number of rotatable bonds is 4. The first-order valence-corrected chi connectivity index (χ1v) is 7.84. The SMILES string of the molecule is c1coc(CN2C[C@H]3CCN(CC4CC4)C[C@H]3C2)c1. The summed E-state index contributed by atoms with van der Waals surface area (Å²) < 4.78 is 5.48. The Labute approximate surface area is 115 Å². The molecule has 3 fully saturated rings. The predicted octanol–water partition coefficient (Wildman–Crippen LogP) is 2.44. The van der Waals surface area contributed by atoms with Crippen LogP contribution in [0.1, 0.15) is 25.0 Å². The maximum atomic E-state index is 5.48. The molecule has 19 heavy (non-hydrogen) atoms. The topological polar surface area (TPSA) is 19.6 Å². The first-order valence-electron chi connectivity index (χ1n) is 7.84. The van der Waals surface area contributed by atoms with E-state index in [1.807, 2.05) is 6.07 Å². The molecular weight excluding hydrogens is 236 g/mol. The Kier molecular flexibility index (Phi) is 3.12. The molecule has 0 N–H and O–H groups in total. The second kappa shape index (κ2) is 4.95. The van der Waals surface area contributed by atoms with E-state index in [9.17, 15) is 0 Å². The lowest BCUT2D eigenvalue weighted by Crippen LogP contribution is -2.40. The van der Waals surface area contributed by atoms with Crippen molar-refractivity contribution in [2.75, 3.05) is 32.7 Å². The van der Waals surface area contributed by atoms with Crippen molar-refractivity contribution in [3.05, 3.63) is 24.2 Å². The van der Waals surface area contributed by atoms with Gasteiger partial charge in [-0.05, 0) is 55.7 Å². The highest BCUT2D eigenvalue weighted by Gasteiger charge is 2.38. The molecule has 1 aromatic heterocycles. The first-order chi connectivity index (χ1) is 9.37. The van der Waals surface area contributed by atoms with Crippen LogP contribution in [0.4, 0.5) is 0 Å². The number of hydrogen-bond acceptors (Lipinski definition) is 3. The van der Waals surface area contributed by atoms with E-state index in [1.54, 1.807) is 6.26 Å². The summed E-state index contributed by atoms with van der Waals surface area (Å²) in [7, 11) is 0. The Morgan fingerprint density at radius 1 is 1.05 bits per heavy atom. The monoisotopic (exact) mass is 260 g/mol. The van der Waals surface area contributed by atoms with Gasteiger partial charge in [0, 0.05) is 26.2 Å². The van der Waals surface area contributed by atoms with Crippen LogP contribution in [0.15, 0.2) is 22.8 Å². The normalized spacial score (nSPS) is 32.6. The molecule has 2 atom stereocenters. The Hall–Kier alpha value is -0.800. The van der Waals surface area contributed by atoms with Crippen LogP contribution in [0.5, 0.6) is 0 Å². The number of likely N-dealkylation sites (tertiary alicyclic amines) is 2. The van der Waals surface area contributed by atoms with Gasteiger partial charge in [0.2, 0.25) is 0 Å². The van der Waals surface area contributed by atoms with Crippen LogP contribution in [-0.4, -0.2) is 42.5 Å². The average molecular weight is 260 g/mol. The van der Waals surface area contributed by atoms with Gasteiger partial charge in [-0.2, -0.15) is 0 Å². The lowest BCUT2D eigenvalue weighted by molar-refractivity contribution is 0.143. The smallest absolute Gasteiger partial charge is 0.117 e. The third-order valence-corrected chi connectivity index (χ3v) is 5.13. The Morgan fingerprint density at radius 2 is 1.89 bits per heavy atom. The molecule has 0 unspecified atom stereocenters. The lowest BCUT2D eigenvalue weighted by Gasteiger charge is -2.34. The summed E-state index contributed by atoms with van der Waals surface area (Å²) in [4.78, 5) is 5.32. The van der Waals surface area contributed by atoms with Crippen LogP contribution in [0.25, 0.3) is 0 Å². The van der Waals surface area contributed by atoms with Crippen molar-refractivity contribution in [3.8, 4) is 0 Å². The summed E-state index contributed by atoms with van der Waals surface area (Å²) >= 11 is 0. The van der Waals surface area contributed by atoms with E-state index in [1.165, 1.54) is 52.0 Å². The molecule has 3 heterocycles. The minimum absolute atomic E-state index is 0.905. The highest BCUT2D eigenvalue weighted by atomic mass is 16.3. The number of nitrogens with zero attached hydrogens (tertiary/aromatic N) is 2. The Balaban J connectivity index is 1.32. The van der Waals surface area contributed by atoms with Gasteiger partial charge in [0.15, 0.2) is 0 Å². The maximum Gasteiger partial charge on any atom is 0.117 e. The van der Waals surface area contributed by atoms with Gasteiger partial charge in [0.05, 0.1) is 12.8 Å². The summed E-state index contributed by atoms with van der Waals surface area (Å²) in [6.07, 6.45) is 6.16. The van der Waals surface area contributed by atoms with E-state index in [4.69, 9.17) is 4.42 Å². The summed E-state index contributed by atoms with van der Waals surface area (Å²) in [6, 6.07) is 4.09. The van der Waals surface area contributed by atoms with Gasteiger partial charge in [-0.25, -0.2) is 0 Å². The molecule has 1 aromatic rings. The third kappa shape index (κ3) is 2.72. The van der Waals surface area contributed by atoms with Crippen molar-refractivity contribution in [3.63, 3.8) is 0 Å². The van der Waals surface area contributed by atoms with Crippen molar-refractivity contribution >= 4 is 0 Å². The first kappa shape index (κ1) is 12.0.